The zero-order chi connectivity index (χ0) is 24.9. The fourth-order valence-electron chi connectivity index (χ4n) is 3.93. The zero-order valence-electron chi connectivity index (χ0n) is 20.1. The zero-order valence-corrected chi connectivity index (χ0v) is 21.0. The maximum Gasteiger partial charge on any atom is 0.328 e. The van der Waals surface area contributed by atoms with Gasteiger partial charge in [0.05, 0.1) is 12.7 Å². The number of esters is 1. The predicted octanol–water partition coefficient (Wildman–Crippen LogP) is 4.32. The van der Waals surface area contributed by atoms with Gasteiger partial charge in [-0.05, 0) is 72.6 Å². The van der Waals surface area contributed by atoms with Crippen LogP contribution in [0.3, 0.4) is 0 Å². The van der Waals surface area contributed by atoms with Crippen LogP contribution in [0.2, 0.25) is 0 Å². The molecule has 0 radical (unpaired) electrons. The maximum atomic E-state index is 12.9. The Morgan fingerprint density at radius 3 is 2.21 bits per heavy atom. The van der Waals surface area contributed by atoms with Crippen LogP contribution in [0.4, 0.5) is 0 Å². The lowest BCUT2D eigenvalue weighted by Gasteiger charge is -2.19. The summed E-state index contributed by atoms with van der Waals surface area (Å²) in [4.78, 5) is 34.6. The van der Waals surface area contributed by atoms with Gasteiger partial charge in [0.1, 0.15) is 11.8 Å². The summed E-state index contributed by atoms with van der Waals surface area (Å²) >= 11 is 0. The van der Waals surface area contributed by atoms with Crippen molar-refractivity contribution in [1.29, 1.82) is 0 Å². The number of ether oxygens (including phenoxy) is 1. The fraction of sp³-hybridized carbons (Fsp3) is 0.440. The smallest absolute Gasteiger partial charge is 0.328 e. The second kappa shape index (κ2) is 11.0. The van der Waals surface area contributed by atoms with E-state index in [-0.39, 0.29) is 23.4 Å². The summed E-state index contributed by atoms with van der Waals surface area (Å²) in [5, 5.41) is 13.0. The van der Waals surface area contributed by atoms with Gasteiger partial charge in [0.25, 0.3) is 5.91 Å². The number of rotatable bonds is 9. The second-order valence-electron chi connectivity index (χ2n) is 9.12. The van der Waals surface area contributed by atoms with E-state index in [0.717, 1.165) is 27.8 Å². The number of phenols is 1. The van der Waals surface area contributed by atoms with E-state index in [2.05, 4.69) is 5.32 Å². The Morgan fingerprint density at radius 1 is 1.09 bits per heavy atom. The van der Waals surface area contributed by atoms with Crippen LogP contribution in [0.5, 0.6) is 5.75 Å². The van der Waals surface area contributed by atoms with Gasteiger partial charge < -0.3 is 20.1 Å². The first-order valence-corrected chi connectivity index (χ1v) is 13.2. The Balaban J connectivity index is 2.29. The molecule has 0 aliphatic carbocycles. The van der Waals surface area contributed by atoms with Crippen molar-refractivity contribution in [2.24, 2.45) is 5.92 Å². The fourth-order valence-corrected chi connectivity index (χ4v) is 4.79. The standard InChI is InChI=1S/C25H34NO6P/c1-15(2)9-22(25(29)32-5)26-24(28)21-13-18(7-8-23(21)27)12-20-16(3)10-19(11-17(20)4)14-33(6,30)31/h7-8,10-11,13,15,22,27H,9,12,14H2,1-6H3,(H,26,28)(H,30,31)/t22-/m0/s1. The van der Waals surface area contributed by atoms with E-state index in [0.29, 0.717) is 12.8 Å². The highest BCUT2D eigenvalue weighted by Crippen LogP contribution is 2.40. The average Bonchev–Trinajstić information content (AvgIpc) is 2.69. The normalized spacial score (nSPS) is 13.9. The number of hydrogen-bond acceptors (Lipinski definition) is 5. The van der Waals surface area contributed by atoms with Crippen molar-refractivity contribution in [1.82, 2.24) is 5.32 Å². The second-order valence-corrected chi connectivity index (χ2v) is 11.5. The molecule has 7 nitrogen and oxygen atoms in total. The number of carbonyl (C=O) groups is 2. The topological polar surface area (TPSA) is 113 Å². The van der Waals surface area contributed by atoms with Crippen molar-refractivity contribution in [3.63, 3.8) is 0 Å². The minimum atomic E-state index is -3.17. The summed E-state index contributed by atoms with van der Waals surface area (Å²) in [6.07, 6.45) is 1.06. The third-order valence-corrected chi connectivity index (χ3v) is 6.37. The molecule has 2 aromatic rings. The van der Waals surface area contributed by atoms with Crippen molar-refractivity contribution < 1.29 is 28.9 Å². The van der Waals surface area contributed by atoms with Gasteiger partial charge in [0, 0.05) is 12.8 Å². The summed E-state index contributed by atoms with van der Waals surface area (Å²) in [5.41, 5.74) is 4.74. The number of aromatic hydroxyl groups is 1. The van der Waals surface area contributed by atoms with Crippen LogP contribution in [-0.2, 0) is 26.7 Å². The van der Waals surface area contributed by atoms with Crippen LogP contribution in [-0.4, -0.2) is 41.7 Å². The molecule has 3 N–H and O–H groups in total. The van der Waals surface area contributed by atoms with Gasteiger partial charge >= 0.3 is 5.97 Å². The number of amides is 1. The van der Waals surface area contributed by atoms with E-state index in [1.54, 1.807) is 12.1 Å². The van der Waals surface area contributed by atoms with Crippen molar-refractivity contribution in [2.45, 2.75) is 52.7 Å². The van der Waals surface area contributed by atoms with Crippen molar-refractivity contribution in [2.75, 3.05) is 13.8 Å². The number of phenolic OH excluding ortho intramolecular Hbond substituents is 1. The van der Waals surface area contributed by atoms with E-state index < -0.39 is 25.3 Å². The third kappa shape index (κ3) is 7.72. The molecular formula is C25H34NO6P. The molecule has 2 aromatic carbocycles. The Morgan fingerprint density at radius 2 is 1.70 bits per heavy atom. The van der Waals surface area contributed by atoms with Gasteiger partial charge in [-0.3, -0.25) is 9.36 Å². The highest BCUT2D eigenvalue weighted by Gasteiger charge is 2.24. The van der Waals surface area contributed by atoms with Crippen LogP contribution in [0.1, 0.15) is 58.4 Å². The summed E-state index contributed by atoms with van der Waals surface area (Å²) in [7, 11) is -1.89. The quantitative estimate of drug-likeness (QED) is 0.368. The number of hydrogen-bond donors (Lipinski definition) is 3. The molecule has 8 heteroatoms. The molecule has 2 atom stereocenters. The summed E-state index contributed by atoms with van der Waals surface area (Å²) in [5.74, 6) is -1.08. The first-order valence-electron chi connectivity index (χ1n) is 10.9. The predicted molar refractivity (Wildman–Crippen MR) is 129 cm³/mol. The summed E-state index contributed by atoms with van der Waals surface area (Å²) < 4.78 is 16.6. The largest absolute Gasteiger partial charge is 0.507 e. The molecule has 0 bridgehead atoms. The molecule has 1 amide bonds. The number of benzene rings is 2. The van der Waals surface area contributed by atoms with Crippen LogP contribution in [0.25, 0.3) is 0 Å². The van der Waals surface area contributed by atoms with Gasteiger partial charge in [-0.25, -0.2) is 4.79 Å². The summed E-state index contributed by atoms with van der Waals surface area (Å²) in [6, 6.07) is 7.86. The average molecular weight is 476 g/mol. The number of carbonyl (C=O) groups excluding carboxylic acids is 2. The highest BCUT2D eigenvalue weighted by atomic mass is 31.2. The molecule has 0 spiro atoms. The number of methoxy groups -OCH3 is 1. The monoisotopic (exact) mass is 475 g/mol. The molecule has 0 saturated carbocycles. The van der Waals surface area contributed by atoms with Crippen LogP contribution >= 0.6 is 7.37 Å². The molecular weight excluding hydrogens is 441 g/mol. The van der Waals surface area contributed by atoms with Gasteiger partial charge in [0.15, 0.2) is 0 Å². The molecule has 0 saturated heterocycles. The molecule has 0 aliphatic heterocycles. The molecule has 0 fully saturated rings. The lowest BCUT2D eigenvalue weighted by molar-refractivity contribution is -0.143. The summed E-state index contributed by atoms with van der Waals surface area (Å²) in [6.45, 7) is 9.13. The SMILES string of the molecule is COC(=O)[C@H](CC(C)C)NC(=O)c1cc(Cc2c(C)cc(CP(C)(=O)O)cc2C)ccc1O. The highest BCUT2D eigenvalue weighted by molar-refractivity contribution is 7.56. The van der Waals surface area contributed by atoms with E-state index in [4.69, 9.17) is 4.74 Å². The van der Waals surface area contributed by atoms with Gasteiger partial charge in [-0.1, -0.05) is 32.0 Å². The molecule has 1 unspecified atom stereocenters. The van der Waals surface area contributed by atoms with Crippen LogP contribution in [0, 0.1) is 19.8 Å². The molecule has 0 aromatic heterocycles. The Hall–Kier alpha value is -2.63. The van der Waals surface area contributed by atoms with E-state index >= 15 is 0 Å². The van der Waals surface area contributed by atoms with E-state index in [1.807, 2.05) is 39.8 Å². The molecule has 2 rings (SSSR count). The lowest BCUT2D eigenvalue weighted by atomic mass is 9.93. The van der Waals surface area contributed by atoms with Crippen LogP contribution in [0.15, 0.2) is 30.3 Å². The number of aryl methyl sites for hydroxylation is 2. The van der Waals surface area contributed by atoms with Crippen molar-refractivity contribution in [3.8, 4) is 5.75 Å². The van der Waals surface area contributed by atoms with Crippen molar-refractivity contribution >= 4 is 19.2 Å². The Bertz CT molecular complexity index is 1050. The lowest BCUT2D eigenvalue weighted by Crippen LogP contribution is -2.42. The third-order valence-electron chi connectivity index (χ3n) is 5.42. The van der Waals surface area contributed by atoms with Gasteiger partial charge in [-0.2, -0.15) is 0 Å². The van der Waals surface area contributed by atoms with Crippen LogP contribution < -0.4 is 5.32 Å². The van der Waals surface area contributed by atoms with Gasteiger partial charge in [0.2, 0.25) is 7.37 Å². The van der Waals surface area contributed by atoms with Gasteiger partial charge in [-0.15, -0.1) is 0 Å². The van der Waals surface area contributed by atoms with E-state index in [9.17, 15) is 24.2 Å². The molecule has 180 valence electrons. The minimum Gasteiger partial charge on any atom is -0.507 e. The Labute approximate surface area is 195 Å². The number of nitrogens with one attached hydrogen (secondary N) is 1. The van der Waals surface area contributed by atoms with E-state index in [1.165, 1.54) is 19.8 Å². The molecule has 0 heterocycles. The minimum absolute atomic E-state index is 0.0873. The maximum absolute atomic E-state index is 12.9. The van der Waals surface area contributed by atoms with Crippen molar-refractivity contribution in [3.05, 3.63) is 63.7 Å². The molecule has 0 aliphatic rings. The Kier molecular flexibility index (Phi) is 8.87. The first-order chi connectivity index (χ1) is 15.3. The molecule has 33 heavy (non-hydrogen) atoms. The first kappa shape index (κ1) is 26.6.